The Hall–Kier alpha value is -3.30. The highest BCUT2D eigenvalue weighted by Gasteiger charge is 2.35. The van der Waals surface area contributed by atoms with Crippen molar-refractivity contribution < 1.29 is 28.2 Å². The van der Waals surface area contributed by atoms with E-state index in [0.717, 1.165) is 22.2 Å². The fourth-order valence-corrected chi connectivity index (χ4v) is 4.58. The summed E-state index contributed by atoms with van der Waals surface area (Å²) in [5, 5.41) is -0.380. The molecule has 3 aromatic rings. The first-order chi connectivity index (χ1) is 16.9. The molecule has 1 aliphatic rings. The van der Waals surface area contributed by atoms with Gasteiger partial charge in [-0.15, -0.1) is 0 Å². The summed E-state index contributed by atoms with van der Waals surface area (Å²) >= 11 is 4.38. The molecule has 6 nitrogen and oxygen atoms in total. The molecule has 1 heterocycles. The van der Waals surface area contributed by atoms with E-state index in [1.807, 2.05) is 30.3 Å². The van der Waals surface area contributed by atoms with E-state index in [4.69, 9.17) is 14.2 Å². The molecule has 1 saturated heterocycles. The number of rotatable bonds is 9. The SMILES string of the molecule is COc1cc(/C=C2\SC(=O)N(CCOc3ccc(F)cc3)C2=O)c(Br)cc1OCc1ccccc1. The Morgan fingerprint density at radius 3 is 2.46 bits per heavy atom. The summed E-state index contributed by atoms with van der Waals surface area (Å²) < 4.78 is 30.6. The molecule has 1 fully saturated rings. The van der Waals surface area contributed by atoms with Crippen LogP contribution in [0.1, 0.15) is 11.1 Å². The quantitative estimate of drug-likeness (QED) is 0.288. The average molecular weight is 558 g/mol. The second-order valence-corrected chi connectivity index (χ2v) is 9.28. The smallest absolute Gasteiger partial charge is 0.293 e. The third-order valence-electron chi connectivity index (χ3n) is 5.08. The largest absolute Gasteiger partial charge is 0.493 e. The van der Waals surface area contributed by atoms with Crippen LogP contribution in [0.25, 0.3) is 6.08 Å². The lowest BCUT2D eigenvalue weighted by Crippen LogP contribution is -2.32. The molecular formula is C26H21BrFNO5S. The van der Waals surface area contributed by atoms with Gasteiger partial charge in [-0.1, -0.05) is 46.3 Å². The van der Waals surface area contributed by atoms with Crippen LogP contribution in [0.4, 0.5) is 9.18 Å². The Kier molecular flexibility index (Phi) is 8.09. The molecule has 180 valence electrons. The molecule has 0 radical (unpaired) electrons. The number of ether oxygens (including phenoxy) is 3. The monoisotopic (exact) mass is 557 g/mol. The van der Waals surface area contributed by atoms with Crippen LogP contribution in [0.15, 0.2) is 76.1 Å². The lowest BCUT2D eigenvalue weighted by atomic mass is 10.1. The van der Waals surface area contributed by atoms with Gasteiger partial charge < -0.3 is 14.2 Å². The van der Waals surface area contributed by atoms with Gasteiger partial charge in [0.1, 0.15) is 24.8 Å². The van der Waals surface area contributed by atoms with Gasteiger partial charge in [-0.3, -0.25) is 14.5 Å². The fraction of sp³-hybridized carbons (Fsp3) is 0.154. The van der Waals surface area contributed by atoms with Crippen LogP contribution in [0.5, 0.6) is 17.2 Å². The van der Waals surface area contributed by atoms with Crippen molar-refractivity contribution in [3.63, 3.8) is 0 Å². The number of imide groups is 1. The van der Waals surface area contributed by atoms with E-state index in [9.17, 15) is 14.0 Å². The van der Waals surface area contributed by atoms with Gasteiger partial charge in [0.25, 0.3) is 11.1 Å². The number of hydrogen-bond donors (Lipinski definition) is 0. The standard InChI is InChI=1S/C26H21BrFNO5S/c1-32-22-13-18(21(27)15-23(22)34-16-17-5-3-2-4-6-17)14-24-25(30)29(26(31)35-24)11-12-33-20-9-7-19(28)8-10-20/h2-10,13-15H,11-12,16H2,1H3/b24-14-. The van der Waals surface area contributed by atoms with E-state index < -0.39 is 5.91 Å². The first-order valence-electron chi connectivity index (χ1n) is 10.6. The van der Waals surface area contributed by atoms with E-state index in [2.05, 4.69) is 15.9 Å². The average Bonchev–Trinajstić information content (AvgIpc) is 3.13. The predicted octanol–water partition coefficient (Wildman–Crippen LogP) is 6.29. The van der Waals surface area contributed by atoms with Gasteiger partial charge >= 0.3 is 0 Å². The van der Waals surface area contributed by atoms with Crippen molar-refractivity contribution in [1.82, 2.24) is 4.90 Å². The van der Waals surface area contributed by atoms with E-state index >= 15 is 0 Å². The van der Waals surface area contributed by atoms with Gasteiger partial charge in [-0.2, -0.15) is 0 Å². The minimum atomic E-state index is -0.405. The number of amides is 2. The molecule has 0 saturated carbocycles. The highest BCUT2D eigenvalue weighted by Crippen LogP contribution is 2.38. The molecule has 35 heavy (non-hydrogen) atoms. The first kappa shape index (κ1) is 24.8. The van der Waals surface area contributed by atoms with Crippen LogP contribution in [-0.4, -0.2) is 36.3 Å². The zero-order chi connectivity index (χ0) is 24.8. The normalized spacial score (nSPS) is 14.5. The minimum Gasteiger partial charge on any atom is -0.493 e. The summed E-state index contributed by atoms with van der Waals surface area (Å²) in [5.74, 6) is 0.734. The minimum absolute atomic E-state index is 0.0795. The molecule has 3 aromatic carbocycles. The number of methoxy groups -OCH3 is 1. The second kappa shape index (κ2) is 11.4. The van der Waals surface area contributed by atoms with Crippen molar-refractivity contribution in [3.8, 4) is 17.2 Å². The number of carbonyl (C=O) groups is 2. The van der Waals surface area contributed by atoms with E-state index in [-0.39, 0.29) is 29.1 Å². The Morgan fingerprint density at radius 1 is 1.00 bits per heavy atom. The van der Waals surface area contributed by atoms with Gasteiger partial charge in [-0.25, -0.2) is 4.39 Å². The molecule has 1 aliphatic heterocycles. The van der Waals surface area contributed by atoms with E-state index in [1.54, 1.807) is 18.2 Å². The Labute approximate surface area is 214 Å². The Bertz CT molecular complexity index is 1250. The molecular weight excluding hydrogens is 537 g/mol. The fourth-order valence-electron chi connectivity index (χ4n) is 3.29. The summed E-state index contributed by atoms with van der Waals surface area (Å²) in [5.41, 5.74) is 1.69. The molecule has 0 unspecified atom stereocenters. The highest BCUT2D eigenvalue weighted by molar-refractivity contribution is 9.10. The maximum absolute atomic E-state index is 13.0. The van der Waals surface area contributed by atoms with Crippen LogP contribution >= 0.6 is 27.7 Å². The van der Waals surface area contributed by atoms with Crippen LogP contribution < -0.4 is 14.2 Å². The second-order valence-electron chi connectivity index (χ2n) is 7.43. The van der Waals surface area contributed by atoms with Gasteiger partial charge in [-0.05, 0) is 65.4 Å². The lowest BCUT2D eigenvalue weighted by molar-refractivity contribution is -0.123. The Balaban J connectivity index is 1.43. The number of thioether (sulfide) groups is 1. The van der Waals surface area contributed by atoms with Crippen molar-refractivity contribution in [2.24, 2.45) is 0 Å². The molecule has 0 spiro atoms. The number of carbonyl (C=O) groups excluding carboxylic acids is 2. The van der Waals surface area contributed by atoms with Crippen LogP contribution in [-0.2, 0) is 11.4 Å². The van der Waals surface area contributed by atoms with E-state index in [1.165, 1.54) is 31.4 Å². The summed E-state index contributed by atoms with van der Waals surface area (Å²) in [4.78, 5) is 26.7. The zero-order valence-electron chi connectivity index (χ0n) is 18.7. The van der Waals surface area contributed by atoms with Crippen LogP contribution in [0, 0.1) is 5.82 Å². The number of benzene rings is 3. The van der Waals surface area contributed by atoms with Crippen molar-refractivity contribution in [1.29, 1.82) is 0 Å². The maximum Gasteiger partial charge on any atom is 0.293 e. The van der Waals surface area contributed by atoms with Gasteiger partial charge in [0.2, 0.25) is 0 Å². The van der Waals surface area contributed by atoms with E-state index in [0.29, 0.717) is 33.9 Å². The van der Waals surface area contributed by atoms with Gasteiger partial charge in [0.05, 0.1) is 18.6 Å². The summed E-state index contributed by atoms with van der Waals surface area (Å²) in [6.45, 7) is 0.555. The molecule has 9 heteroatoms. The molecule has 0 atom stereocenters. The molecule has 0 N–H and O–H groups in total. The number of halogens is 2. The van der Waals surface area contributed by atoms with Crippen molar-refractivity contribution in [2.45, 2.75) is 6.61 Å². The summed E-state index contributed by atoms with van der Waals surface area (Å²) in [7, 11) is 1.54. The third-order valence-corrected chi connectivity index (χ3v) is 6.67. The predicted molar refractivity (Wildman–Crippen MR) is 136 cm³/mol. The van der Waals surface area contributed by atoms with Gasteiger partial charge in [0, 0.05) is 4.47 Å². The van der Waals surface area contributed by atoms with Gasteiger partial charge in [0.15, 0.2) is 11.5 Å². The Morgan fingerprint density at radius 2 is 1.74 bits per heavy atom. The highest BCUT2D eigenvalue weighted by atomic mass is 79.9. The molecule has 0 bridgehead atoms. The topological polar surface area (TPSA) is 65.1 Å². The first-order valence-corrected chi connectivity index (χ1v) is 12.2. The molecule has 2 amide bonds. The lowest BCUT2D eigenvalue weighted by Gasteiger charge is -2.14. The van der Waals surface area contributed by atoms with Crippen molar-refractivity contribution in [3.05, 3.63) is 93.1 Å². The van der Waals surface area contributed by atoms with Crippen LogP contribution in [0.2, 0.25) is 0 Å². The third kappa shape index (κ3) is 6.23. The molecule has 0 aromatic heterocycles. The molecule has 0 aliphatic carbocycles. The summed E-state index contributed by atoms with van der Waals surface area (Å²) in [6.07, 6.45) is 1.64. The summed E-state index contributed by atoms with van der Waals surface area (Å²) in [6, 6.07) is 18.8. The number of hydrogen-bond acceptors (Lipinski definition) is 6. The zero-order valence-corrected chi connectivity index (χ0v) is 21.1. The van der Waals surface area contributed by atoms with Crippen LogP contribution in [0.3, 0.4) is 0 Å². The number of nitrogens with zero attached hydrogens (tertiary/aromatic N) is 1. The molecule has 4 rings (SSSR count). The van der Waals surface area contributed by atoms with Crippen molar-refractivity contribution >= 4 is 44.9 Å². The van der Waals surface area contributed by atoms with Crippen molar-refractivity contribution in [2.75, 3.05) is 20.3 Å². The maximum atomic E-state index is 13.0.